The number of ether oxygens (including phenoxy) is 1. The molecule has 1 aromatic heterocycles. The van der Waals surface area contributed by atoms with Gasteiger partial charge in [-0.25, -0.2) is 18.6 Å². The van der Waals surface area contributed by atoms with Crippen LogP contribution in [0, 0.1) is 11.6 Å². The summed E-state index contributed by atoms with van der Waals surface area (Å²) in [5.74, 6) is -1.69. The van der Waals surface area contributed by atoms with Crippen molar-refractivity contribution in [3.05, 3.63) is 83.0 Å². The number of aromatic nitrogens is 3. The van der Waals surface area contributed by atoms with E-state index in [0.717, 1.165) is 6.07 Å². The molecule has 0 aliphatic carbocycles. The van der Waals surface area contributed by atoms with Crippen LogP contribution in [0.1, 0.15) is 60.0 Å². The zero-order chi connectivity index (χ0) is 25.8. The third-order valence-corrected chi connectivity index (χ3v) is 6.22. The monoisotopic (exact) mass is 493 g/mol. The van der Waals surface area contributed by atoms with Crippen LogP contribution in [0.5, 0.6) is 0 Å². The van der Waals surface area contributed by atoms with Crippen LogP contribution >= 0.6 is 0 Å². The van der Waals surface area contributed by atoms with Gasteiger partial charge in [-0.05, 0) is 56.2 Å². The van der Waals surface area contributed by atoms with E-state index in [9.17, 15) is 18.4 Å². The van der Waals surface area contributed by atoms with E-state index in [1.165, 1.54) is 29.4 Å². The first-order chi connectivity index (χ1) is 17.0. The number of anilines is 1. The normalized spacial score (nSPS) is 19.2. The van der Waals surface area contributed by atoms with E-state index in [0.29, 0.717) is 22.5 Å². The van der Waals surface area contributed by atoms with Gasteiger partial charge >= 0.3 is 6.09 Å². The predicted molar refractivity (Wildman–Crippen MR) is 128 cm³/mol. The smallest absolute Gasteiger partial charge is 0.415 e. The lowest BCUT2D eigenvalue weighted by Crippen LogP contribution is -2.45. The van der Waals surface area contributed by atoms with Crippen LogP contribution in [-0.2, 0) is 11.8 Å². The van der Waals surface area contributed by atoms with Crippen LogP contribution in [0.4, 0.5) is 19.3 Å². The zero-order valence-corrected chi connectivity index (χ0v) is 20.3. The Hall–Kier alpha value is -4.08. The largest absolute Gasteiger partial charge is 0.443 e. The minimum absolute atomic E-state index is 0.104. The Bertz CT molecular complexity index is 1390. The molecule has 0 bridgehead atoms. The summed E-state index contributed by atoms with van der Waals surface area (Å²) in [5, 5.41) is 6.99. The summed E-state index contributed by atoms with van der Waals surface area (Å²) in [6.07, 6.45) is 2.50. The number of aryl methyl sites for hydroxylation is 1. The second-order valence-corrected chi connectivity index (χ2v) is 9.78. The van der Waals surface area contributed by atoms with Gasteiger partial charge in [0.25, 0.3) is 5.91 Å². The molecule has 0 saturated heterocycles. The van der Waals surface area contributed by atoms with E-state index >= 15 is 0 Å². The molecule has 2 aliphatic heterocycles. The van der Waals surface area contributed by atoms with E-state index in [4.69, 9.17) is 4.74 Å². The molecule has 36 heavy (non-hydrogen) atoms. The van der Waals surface area contributed by atoms with Crippen LogP contribution < -0.4 is 10.2 Å². The molecule has 3 heterocycles. The highest BCUT2D eigenvalue weighted by molar-refractivity contribution is 6.07. The fraction of sp³-hybridized carbons (Fsp3) is 0.308. The van der Waals surface area contributed by atoms with Gasteiger partial charge in [-0.3, -0.25) is 14.4 Å². The molecule has 2 aliphatic rings. The van der Waals surface area contributed by atoms with Crippen LogP contribution in [0.25, 0.3) is 5.57 Å². The molecule has 2 aromatic carbocycles. The number of hydrogen-bond acceptors (Lipinski definition) is 5. The van der Waals surface area contributed by atoms with Crippen molar-refractivity contribution in [2.75, 3.05) is 11.4 Å². The summed E-state index contributed by atoms with van der Waals surface area (Å²) < 4.78 is 36.2. The molecule has 10 heteroatoms. The van der Waals surface area contributed by atoms with Crippen LogP contribution in [0.3, 0.4) is 0 Å². The van der Waals surface area contributed by atoms with Crippen molar-refractivity contribution in [3.63, 3.8) is 0 Å². The minimum Gasteiger partial charge on any atom is -0.443 e. The number of carbonyl (C=O) groups excluding carboxylic acids is 2. The minimum atomic E-state index is -0.859. The van der Waals surface area contributed by atoms with E-state index < -0.39 is 41.2 Å². The highest BCUT2D eigenvalue weighted by Gasteiger charge is 2.47. The molecular formula is C26H25F2N5O3. The molecular weight excluding hydrogens is 468 g/mol. The van der Waals surface area contributed by atoms with Gasteiger partial charge in [0.2, 0.25) is 0 Å². The van der Waals surface area contributed by atoms with Crippen molar-refractivity contribution in [1.29, 1.82) is 0 Å². The van der Waals surface area contributed by atoms with Crippen molar-refractivity contribution >= 4 is 23.3 Å². The Morgan fingerprint density at radius 3 is 2.50 bits per heavy atom. The number of benzene rings is 2. The molecule has 0 saturated carbocycles. The Labute approximate surface area is 206 Å². The predicted octanol–water partition coefficient (Wildman–Crippen LogP) is 4.50. The van der Waals surface area contributed by atoms with E-state index in [-0.39, 0.29) is 17.8 Å². The summed E-state index contributed by atoms with van der Waals surface area (Å²) >= 11 is 0. The molecule has 0 fully saturated rings. The van der Waals surface area contributed by atoms with Gasteiger partial charge in [0.1, 0.15) is 29.4 Å². The molecule has 0 spiro atoms. The standard InChI is InChI=1S/C26H25F2N5O3/c1-26(2,3)36-25(35)33-19-12-16(28)11-18-20(19)17(9-10-29-24(18)34)21(23-30-13-31-32(23)4)22(33)14-5-7-15(27)8-6-14/h5-9,11-13,21-22H,10H2,1-4H3,(H,29,34). The Balaban J connectivity index is 1.86. The maximum Gasteiger partial charge on any atom is 0.415 e. The van der Waals surface area contributed by atoms with Crippen LogP contribution in [0.15, 0.2) is 48.8 Å². The quantitative estimate of drug-likeness (QED) is 0.568. The Morgan fingerprint density at radius 1 is 1.14 bits per heavy atom. The van der Waals surface area contributed by atoms with E-state index in [2.05, 4.69) is 15.4 Å². The number of nitrogens with zero attached hydrogens (tertiary/aromatic N) is 4. The van der Waals surface area contributed by atoms with Crippen LogP contribution in [-0.4, -0.2) is 38.9 Å². The fourth-order valence-electron chi connectivity index (χ4n) is 4.86. The van der Waals surface area contributed by atoms with Crippen molar-refractivity contribution in [3.8, 4) is 0 Å². The lowest BCUT2D eigenvalue weighted by molar-refractivity contribution is 0.0559. The Kier molecular flexibility index (Phi) is 5.61. The Morgan fingerprint density at radius 2 is 1.86 bits per heavy atom. The van der Waals surface area contributed by atoms with Crippen LogP contribution in [0.2, 0.25) is 0 Å². The molecule has 0 radical (unpaired) electrons. The summed E-state index contributed by atoms with van der Waals surface area (Å²) in [4.78, 5) is 32.5. The zero-order valence-electron chi connectivity index (χ0n) is 20.3. The highest BCUT2D eigenvalue weighted by Crippen LogP contribution is 2.54. The summed E-state index contributed by atoms with van der Waals surface area (Å²) in [7, 11) is 1.73. The molecule has 186 valence electrons. The fourth-order valence-corrected chi connectivity index (χ4v) is 4.86. The number of amides is 2. The topological polar surface area (TPSA) is 89.4 Å². The molecule has 3 aromatic rings. The average Bonchev–Trinajstić information content (AvgIpc) is 3.14. The molecule has 2 amide bonds. The lowest BCUT2D eigenvalue weighted by Gasteiger charge is -2.44. The average molecular weight is 494 g/mol. The van der Waals surface area contributed by atoms with Crippen molar-refractivity contribution in [2.24, 2.45) is 7.05 Å². The molecule has 1 N–H and O–H groups in total. The van der Waals surface area contributed by atoms with Crippen molar-refractivity contribution in [1.82, 2.24) is 20.1 Å². The number of nitrogens with one attached hydrogen (secondary N) is 1. The van der Waals surface area contributed by atoms with Gasteiger partial charge in [0.15, 0.2) is 0 Å². The molecule has 2 unspecified atom stereocenters. The molecule has 8 nitrogen and oxygen atoms in total. The second-order valence-electron chi connectivity index (χ2n) is 9.78. The van der Waals surface area contributed by atoms with Crippen molar-refractivity contribution in [2.45, 2.75) is 38.3 Å². The lowest BCUT2D eigenvalue weighted by atomic mass is 9.76. The van der Waals surface area contributed by atoms with E-state index in [1.807, 2.05) is 6.08 Å². The number of rotatable bonds is 2. The second kappa shape index (κ2) is 8.54. The number of halogens is 2. The van der Waals surface area contributed by atoms with Crippen molar-refractivity contribution < 1.29 is 23.1 Å². The van der Waals surface area contributed by atoms with Gasteiger partial charge in [0, 0.05) is 19.2 Å². The molecule has 5 rings (SSSR count). The third kappa shape index (κ3) is 4.02. The summed E-state index contributed by atoms with van der Waals surface area (Å²) in [6.45, 7) is 5.38. The van der Waals surface area contributed by atoms with Gasteiger partial charge in [-0.2, -0.15) is 5.10 Å². The highest BCUT2D eigenvalue weighted by atomic mass is 19.1. The molecule has 2 atom stereocenters. The first-order valence-corrected chi connectivity index (χ1v) is 11.5. The maximum absolute atomic E-state index is 14.9. The third-order valence-electron chi connectivity index (χ3n) is 6.22. The van der Waals surface area contributed by atoms with Gasteiger partial charge in [-0.1, -0.05) is 18.2 Å². The maximum atomic E-state index is 14.9. The number of carbonyl (C=O) groups is 2. The number of hydrogen-bond donors (Lipinski definition) is 1. The van der Waals surface area contributed by atoms with E-state index in [1.54, 1.807) is 44.6 Å². The van der Waals surface area contributed by atoms with Gasteiger partial charge in [0.05, 0.1) is 23.2 Å². The summed E-state index contributed by atoms with van der Waals surface area (Å²) in [5.41, 5.74) is 1.12. The summed E-state index contributed by atoms with van der Waals surface area (Å²) in [6, 6.07) is 7.33. The first-order valence-electron chi connectivity index (χ1n) is 11.5. The van der Waals surface area contributed by atoms with Gasteiger partial charge < -0.3 is 10.1 Å². The van der Waals surface area contributed by atoms with Gasteiger partial charge in [-0.15, -0.1) is 0 Å². The SMILES string of the molecule is Cn1ncnc1C1C2=CCNC(=O)c3cc(F)cc(c32)N(C(=O)OC(C)(C)C)C1c1ccc(F)cc1. The first kappa shape index (κ1) is 23.7.